The zero-order valence-corrected chi connectivity index (χ0v) is 19.0. The van der Waals surface area contributed by atoms with Gasteiger partial charge in [-0.3, -0.25) is 9.59 Å². The number of ether oxygens (including phenoxy) is 1. The van der Waals surface area contributed by atoms with Gasteiger partial charge < -0.3 is 20.5 Å². The number of hydrogen-bond donors (Lipinski definition) is 3. The second-order valence-electron chi connectivity index (χ2n) is 8.63. The molecule has 9 heteroatoms. The van der Waals surface area contributed by atoms with Gasteiger partial charge in [-0.25, -0.2) is 13.6 Å². The molecule has 34 heavy (non-hydrogen) atoms. The first-order valence-electron chi connectivity index (χ1n) is 11.1. The average Bonchev–Trinajstić information content (AvgIpc) is 3.10. The number of halogens is 2. The van der Waals surface area contributed by atoms with Gasteiger partial charge in [0.25, 0.3) is 6.43 Å². The molecule has 0 aliphatic heterocycles. The van der Waals surface area contributed by atoms with Crippen molar-refractivity contribution in [1.82, 2.24) is 10.6 Å². The van der Waals surface area contributed by atoms with Crippen molar-refractivity contribution in [2.75, 3.05) is 6.61 Å². The van der Waals surface area contributed by atoms with Crippen LogP contribution in [0.5, 0.6) is 0 Å². The Hall–Kier alpha value is -3.49. The number of fused-ring (bicyclic) bond motifs is 3. The van der Waals surface area contributed by atoms with E-state index in [0.29, 0.717) is 0 Å². The second-order valence-corrected chi connectivity index (χ2v) is 8.63. The van der Waals surface area contributed by atoms with E-state index in [0.717, 1.165) is 22.3 Å². The smallest absolute Gasteiger partial charge is 0.407 e. The van der Waals surface area contributed by atoms with E-state index in [-0.39, 0.29) is 24.9 Å². The molecule has 1 aliphatic rings. The summed E-state index contributed by atoms with van der Waals surface area (Å²) in [6, 6.07) is 13.4. The van der Waals surface area contributed by atoms with E-state index >= 15 is 0 Å². The van der Waals surface area contributed by atoms with E-state index in [1.165, 1.54) is 0 Å². The van der Waals surface area contributed by atoms with Crippen molar-refractivity contribution in [3.05, 3.63) is 59.7 Å². The molecule has 2 aromatic rings. The first-order valence-corrected chi connectivity index (χ1v) is 11.1. The second kappa shape index (κ2) is 11.1. The number of nitrogens with one attached hydrogen (secondary N) is 2. The number of alkyl halides is 2. The van der Waals surface area contributed by atoms with Gasteiger partial charge in [0.1, 0.15) is 12.6 Å². The van der Waals surface area contributed by atoms with Gasteiger partial charge >= 0.3 is 12.1 Å². The van der Waals surface area contributed by atoms with E-state index in [1.807, 2.05) is 53.8 Å². The molecule has 0 aromatic heterocycles. The topological polar surface area (TPSA) is 105 Å². The van der Waals surface area contributed by atoms with Crippen molar-refractivity contribution in [3.8, 4) is 11.1 Å². The van der Waals surface area contributed by atoms with Gasteiger partial charge in [-0.05, 0) is 28.2 Å². The molecule has 2 aromatic carbocycles. The molecule has 2 atom stereocenters. The van der Waals surface area contributed by atoms with Crippen LogP contribution >= 0.6 is 0 Å². The van der Waals surface area contributed by atoms with Crippen LogP contribution in [-0.2, 0) is 14.3 Å². The summed E-state index contributed by atoms with van der Waals surface area (Å²) in [5.41, 5.74) is 4.32. The van der Waals surface area contributed by atoms with Crippen LogP contribution in [0.25, 0.3) is 11.1 Å². The van der Waals surface area contributed by atoms with Gasteiger partial charge in [-0.15, -0.1) is 0 Å². The van der Waals surface area contributed by atoms with Gasteiger partial charge in [-0.2, -0.15) is 0 Å². The van der Waals surface area contributed by atoms with Gasteiger partial charge in [0.05, 0.1) is 6.42 Å². The number of carbonyl (C=O) groups excluding carboxylic acids is 2. The molecule has 0 heterocycles. The van der Waals surface area contributed by atoms with Crippen LogP contribution in [0, 0.1) is 5.92 Å². The molecule has 3 rings (SSSR count). The standard InChI is InChI=1S/C25H28F2N2O5/c1-14(2)20(11-22(30)28-21(24(26)27)12-23(31)32)29-25(33)34-13-19-17-9-5-3-7-15(17)16-8-4-6-10-18(16)19/h3-10,14,19-21,24H,11-13H2,1-2H3,(H,28,30)(H,29,33)(H,31,32). The van der Waals surface area contributed by atoms with E-state index in [1.54, 1.807) is 13.8 Å². The minimum atomic E-state index is -3.02. The molecule has 0 bridgehead atoms. The van der Waals surface area contributed by atoms with Crippen LogP contribution in [0.1, 0.15) is 43.7 Å². The van der Waals surface area contributed by atoms with Gasteiger partial charge in [0.2, 0.25) is 5.91 Å². The van der Waals surface area contributed by atoms with E-state index in [9.17, 15) is 23.2 Å². The van der Waals surface area contributed by atoms with Gasteiger partial charge in [0, 0.05) is 18.4 Å². The number of carboxylic acids is 1. The van der Waals surface area contributed by atoms with Crippen LogP contribution in [0.15, 0.2) is 48.5 Å². The Morgan fingerprint density at radius 2 is 1.47 bits per heavy atom. The minimum Gasteiger partial charge on any atom is -0.481 e. The zero-order valence-electron chi connectivity index (χ0n) is 19.0. The van der Waals surface area contributed by atoms with Crippen LogP contribution in [0.2, 0.25) is 0 Å². The number of aliphatic carboxylic acids is 1. The molecule has 1 aliphatic carbocycles. The maximum absolute atomic E-state index is 13.0. The lowest BCUT2D eigenvalue weighted by molar-refractivity contribution is -0.139. The van der Waals surface area contributed by atoms with Crippen molar-refractivity contribution in [2.24, 2.45) is 5.92 Å². The molecule has 0 spiro atoms. The Balaban J connectivity index is 1.59. The maximum atomic E-state index is 13.0. The number of alkyl carbamates (subject to hydrolysis) is 1. The van der Waals surface area contributed by atoms with Crippen LogP contribution in [0.3, 0.4) is 0 Å². The fourth-order valence-electron chi connectivity index (χ4n) is 4.10. The average molecular weight is 475 g/mol. The third-order valence-electron chi connectivity index (χ3n) is 5.90. The first kappa shape index (κ1) is 25.1. The fraction of sp³-hybridized carbons (Fsp3) is 0.400. The Morgan fingerprint density at radius 1 is 0.912 bits per heavy atom. The summed E-state index contributed by atoms with van der Waals surface area (Å²) in [6.45, 7) is 3.63. The number of carboxylic acid groups (broad SMARTS) is 1. The Bertz CT molecular complexity index is 998. The number of amides is 2. The lowest BCUT2D eigenvalue weighted by Gasteiger charge is -2.24. The van der Waals surface area contributed by atoms with Gasteiger partial charge in [-0.1, -0.05) is 62.4 Å². The normalized spacial score (nSPS) is 14.3. The lowest BCUT2D eigenvalue weighted by atomic mass is 9.98. The highest BCUT2D eigenvalue weighted by atomic mass is 19.3. The first-order chi connectivity index (χ1) is 16.2. The molecule has 0 radical (unpaired) electrons. The quantitative estimate of drug-likeness (QED) is 0.480. The van der Waals surface area contributed by atoms with E-state index in [2.05, 4.69) is 5.32 Å². The molecule has 182 valence electrons. The summed E-state index contributed by atoms with van der Waals surface area (Å²) >= 11 is 0. The Labute approximate surface area is 196 Å². The molecule has 3 N–H and O–H groups in total. The molecule has 2 amide bonds. The van der Waals surface area contributed by atoms with Crippen molar-refractivity contribution < 1.29 is 33.0 Å². The predicted octanol–water partition coefficient (Wildman–Crippen LogP) is 4.16. The molecular formula is C25H28F2N2O5. The minimum absolute atomic E-state index is 0.100. The summed E-state index contributed by atoms with van der Waals surface area (Å²) in [4.78, 5) is 35.5. The SMILES string of the molecule is CC(C)C(CC(=O)NC(CC(=O)O)C(F)F)NC(=O)OCC1c2ccccc2-c2ccccc21. The number of rotatable bonds is 10. The van der Waals surface area contributed by atoms with Crippen molar-refractivity contribution >= 4 is 18.0 Å². The molecule has 0 saturated heterocycles. The summed E-state index contributed by atoms with van der Waals surface area (Å²) in [5.74, 6) is -2.54. The number of benzene rings is 2. The largest absolute Gasteiger partial charge is 0.481 e. The Morgan fingerprint density at radius 3 is 1.97 bits per heavy atom. The summed E-state index contributed by atoms with van der Waals surface area (Å²) in [7, 11) is 0. The third kappa shape index (κ3) is 6.09. The molecule has 0 fully saturated rings. The summed E-state index contributed by atoms with van der Waals surface area (Å²) in [5, 5.41) is 13.4. The fourth-order valence-corrected chi connectivity index (χ4v) is 4.10. The zero-order chi connectivity index (χ0) is 24.8. The highest BCUT2D eigenvalue weighted by molar-refractivity contribution is 5.80. The highest BCUT2D eigenvalue weighted by Crippen LogP contribution is 2.44. The molecule has 7 nitrogen and oxygen atoms in total. The van der Waals surface area contributed by atoms with Crippen LogP contribution < -0.4 is 10.6 Å². The maximum Gasteiger partial charge on any atom is 0.407 e. The van der Waals surface area contributed by atoms with Crippen molar-refractivity contribution in [1.29, 1.82) is 0 Å². The van der Waals surface area contributed by atoms with Crippen LogP contribution in [0.4, 0.5) is 13.6 Å². The number of carbonyl (C=O) groups is 3. The molecule has 0 saturated carbocycles. The monoisotopic (exact) mass is 474 g/mol. The van der Waals surface area contributed by atoms with E-state index < -0.39 is 42.9 Å². The van der Waals surface area contributed by atoms with Crippen molar-refractivity contribution in [2.45, 2.75) is 51.1 Å². The van der Waals surface area contributed by atoms with Gasteiger partial charge in [0.15, 0.2) is 0 Å². The lowest BCUT2D eigenvalue weighted by Crippen LogP contribution is -2.46. The summed E-state index contributed by atoms with van der Waals surface area (Å²) < 4.78 is 31.5. The van der Waals surface area contributed by atoms with E-state index in [4.69, 9.17) is 9.84 Å². The highest BCUT2D eigenvalue weighted by Gasteiger charge is 2.30. The summed E-state index contributed by atoms with van der Waals surface area (Å²) in [6.07, 6.45) is -4.92. The molecular weight excluding hydrogens is 446 g/mol. The van der Waals surface area contributed by atoms with Crippen molar-refractivity contribution in [3.63, 3.8) is 0 Å². The Kier molecular flexibility index (Phi) is 8.20. The van der Waals surface area contributed by atoms with Crippen LogP contribution in [-0.4, -0.2) is 48.2 Å². The number of hydrogen-bond acceptors (Lipinski definition) is 4. The molecule has 2 unspecified atom stereocenters. The third-order valence-corrected chi connectivity index (χ3v) is 5.90. The predicted molar refractivity (Wildman–Crippen MR) is 122 cm³/mol.